The molecule has 4 atom stereocenters. The van der Waals surface area contributed by atoms with Gasteiger partial charge in [-0.2, -0.15) is 0 Å². The number of hydrogen-bond donors (Lipinski definition) is 6. The zero-order chi connectivity index (χ0) is 51.2. The van der Waals surface area contributed by atoms with Crippen molar-refractivity contribution < 1.29 is 34.1 Å². The molecule has 6 aromatic rings. The Bertz CT molecular complexity index is 2940. The van der Waals surface area contributed by atoms with Crippen molar-refractivity contribution in [3.05, 3.63) is 116 Å². The van der Waals surface area contributed by atoms with Gasteiger partial charge in [0.2, 0.25) is 0 Å². The van der Waals surface area contributed by atoms with Crippen LogP contribution < -0.4 is 22.1 Å². The zero-order valence-electron chi connectivity index (χ0n) is 42.0. The van der Waals surface area contributed by atoms with Crippen LogP contribution in [0.15, 0.2) is 72.8 Å². The number of nitrogens with two attached hydrogens (primary N) is 2. The van der Waals surface area contributed by atoms with Crippen molar-refractivity contribution in [2.75, 3.05) is 13.2 Å². The van der Waals surface area contributed by atoms with E-state index in [2.05, 4.69) is 10.6 Å². The average Bonchev–Trinajstić information content (AvgIpc) is 4.21. The molecule has 0 radical (unpaired) electrons. The molecule has 0 spiro atoms. The number of halogens is 2. The van der Waals surface area contributed by atoms with Gasteiger partial charge in [-0.3, -0.25) is 15.4 Å². The molecule has 2 aliphatic carbocycles. The van der Waals surface area contributed by atoms with Gasteiger partial charge in [-0.1, -0.05) is 73.2 Å². The lowest BCUT2D eigenvalue weighted by Gasteiger charge is -2.33. The van der Waals surface area contributed by atoms with Crippen LogP contribution in [0, 0.1) is 10.8 Å². The number of Topliss-reactive ketones (excluding diaryl/α,β-unsaturated/α-hetero) is 1. The Kier molecular flexibility index (Phi) is 13.1. The highest BCUT2D eigenvalue weighted by Crippen LogP contribution is 2.50. The van der Waals surface area contributed by atoms with Gasteiger partial charge in [0.15, 0.2) is 5.78 Å². The number of aromatic nitrogens is 2. The van der Waals surface area contributed by atoms with E-state index in [9.17, 15) is 19.8 Å². The molecule has 0 saturated heterocycles. The lowest BCUT2D eigenvalue weighted by Crippen LogP contribution is -2.35. The van der Waals surface area contributed by atoms with Gasteiger partial charge in [-0.05, 0) is 149 Å². The van der Waals surface area contributed by atoms with Gasteiger partial charge in [0, 0.05) is 67.9 Å². The summed E-state index contributed by atoms with van der Waals surface area (Å²) < 4.78 is 15.2. The number of ketones is 1. The first kappa shape index (κ1) is 50.4. The Hall–Kier alpha value is -5.09. The minimum atomic E-state index is -0.903. The molecule has 0 amide bonds. The number of carbonyl (C=O) groups excluding carboxylic acids is 3. The molecular weight excluding hydrogens is 952 g/mol. The lowest BCUT2D eigenvalue weighted by atomic mass is 9.76. The number of nitrogens with one attached hydrogen (secondary N) is 2. The van der Waals surface area contributed by atoms with Crippen LogP contribution in [0.1, 0.15) is 150 Å². The molecular formula is C57H66Cl2N6O7. The summed E-state index contributed by atoms with van der Waals surface area (Å²) in [5, 5.41) is 30.6. The second-order valence-electron chi connectivity index (χ2n) is 22.7. The molecule has 4 heterocycles. The van der Waals surface area contributed by atoms with Crippen molar-refractivity contribution in [3.8, 4) is 22.5 Å². The molecule has 10 rings (SSSR count). The van der Waals surface area contributed by atoms with Gasteiger partial charge in [-0.25, -0.2) is 18.7 Å². The standard InChI is InChI=1S/C57H66Cl2N6O7/c1-54(2,3)71-52(69)64-41-17-11-31(50(60)56(29-66)19-7-8-20-56)23-33(41)25-43(64)35-13-15-39(58)37-27-62-47(45(35)37)49(68)48-46-36(14-16-40(59)38(46)28-63-48)44-26-34-24-32(51(61)57(30-67)21-9-10-22-57)12-18-42(34)65(44)53(70)72-55(4,5)6/h11-18,23-26,47-48,50-51,62-63,66-67H,7-10,19-22,27-30,60-61H2,1-6H3. The molecule has 15 heteroatoms. The van der Waals surface area contributed by atoms with Crippen LogP contribution in [-0.2, 0) is 27.4 Å². The zero-order valence-corrected chi connectivity index (χ0v) is 43.5. The lowest BCUT2D eigenvalue weighted by molar-refractivity contribution is -0.123. The predicted molar refractivity (Wildman–Crippen MR) is 282 cm³/mol. The molecule has 2 aliphatic heterocycles. The maximum atomic E-state index is 15.7. The number of aliphatic hydroxyl groups excluding tert-OH is 2. The molecule has 72 heavy (non-hydrogen) atoms. The predicted octanol–water partition coefficient (Wildman–Crippen LogP) is 11.5. The summed E-state index contributed by atoms with van der Waals surface area (Å²) in [7, 11) is 0. The minimum absolute atomic E-state index is 0.0143. The van der Waals surface area contributed by atoms with Gasteiger partial charge in [0.1, 0.15) is 11.2 Å². The molecule has 4 aliphatic rings. The first-order valence-electron chi connectivity index (χ1n) is 25.3. The Morgan fingerprint density at radius 3 is 1.35 bits per heavy atom. The third-order valence-electron chi connectivity index (χ3n) is 15.9. The smallest absolute Gasteiger partial charge is 0.419 e. The Labute approximate surface area is 430 Å². The largest absolute Gasteiger partial charge is 0.443 e. The quantitative estimate of drug-likeness (QED) is 0.0764. The molecule has 4 unspecified atom stereocenters. The van der Waals surface area contributed by atoms with Crippen molar-refractivity contribution in [1.82, 2.24) is 19.8 Å². The van der Waals surface area contributed by atoms with E-state index in [1.165, 1.54) is 0 Å². The molecule has 2 fully saturated rings. The van der Waals surface area contributed by atoms with Crippen molar-refractivity contribution >= 4 is 63.0 Å². The van der Waals surface area contributed by atoms with E-state index in [4.69, 9.17) is 44.1 Å². The van der Waals surface area contributed by atoms with Crippen molar-refractivity contribution in [3.63, 3.8) is 0 Å². The van der Waals surface area contributed by atoms with Crippen LogP contribution in [0.4, 0.5) is 9.59 Å². The Balaban J connectivity index is 1.09. The molecule has 2 saturated carbocycles. The van der Waals surface area contributed by atoms with E-state index >= 15 is 4.79 Å². The second-order valence-corrected chi connectivity index (χ2v) is 23.6. The number of nitrogens with zero attached hydrogens (tertiary/aromatic N) is 2. The van der Waals surface area contributed by atoms with Crippen LogP contribution in [0.2, 0.25) is 10.0 Å². The normalized spacial score (nSPS) is 20.2. The van der Waals surface area contributed by atoms with Gasteiger partial charge >= 0.3 is 12.2 Å². The van der Waals surface area contributed by atoms with E-state index in [1.807, 2.05) is 102 Å². The number of benzene rings is 4. The molecule has 8 N–H and O–H groups in total. The van der Waals surface area contributed by atoms with E-state index in [1.54, 1.807) is 21.3 Å². The first-order chi connectivity index (χ1) is 34.2. The van der Waals surface area contributed by atoms with Crippen LogP contribution in [0.3, 0.4) is 0 Å². The number of fused-ring (bicyclic) bond motifs is 4. The second kappa shape index (κ2) is 18.7. The summed E-state index contributed by atoms with van der Waals surface area (Å²) in [6, 6.07) is 20.1. The highest BCUT2D eigenvalue weighted by Gasteiger charge is 2.44. The van der Waals surface area contributed by atoms with Gasteiger partial charge < -0.3 is 31.2 Å². The number of rotatable bonds is 10. The average molecular weight is 1020 g/mol. The first-order valence-corrected chi connectivity index (χ1v) is 26.1. The fourth-order valence-corrected chi connectivity index (χ4v) is 12.7. The Morgan fingerprint density at radius 1 is 0.625 bits per heavy atom. The van der Waals surface area contributed by atoms with Crippen LogP contribution in [0.5, 0.6) is 0 Å². The van der Waals surface area contributed by atoms with Gasteiger partial charge in [0.05, 0.1) is 47.7 Å². The van der Waals surface area contributed by atoms with E-state index in [0.717, 1.165) is 84.4 Å². The number of carbonyl (C=O) groups is 3. The van der Waals surface area contributed by atoms with Crippen LogP contribution in [-0.4, -0.2) is 61.7 Å². The third-order valence-corrected chi connectivity index (χ3v) is 16.6. The molecule has 0 bridgehead atoms. The van der Waals surface area contributed by atoms with Crippen molar-refractivity contribution in [2.45, 2.75) is 141 Å². The van der Waals surface area contributed by atoms with Crippen LogP contribution in [0.25, 0.3) is 44.3 Å². The van der Waals surface area contributed by atoms with Crippen LogP contribution >= 0.6 is 23.2 Å². The highest BCUT2D eigenvalue weighted by molar-refractivity contribution is 6.32. The summed E-state index contributed by atoms with van der Waals surface area (Å²) in [5.74, 6) is -0.211. The summed E-state index contributed by atoms with van der Waals surface area (Å²) in [6.45, 7) is 11.4. The summed E-state index contributed by atoms with van der Waals surface area (Å²) >= 11 is 14.0. The molecule has 380 valence electrons. The topological polar surface area (TPSA) is 196 Å². The maximum absolute atomic E-state index is 15.7. The SMILES string of the molecule is CC(C)(C)OC(=O)n1c(-c2ccc(Cl)c3c2C(C(=O)C2NCc4c(Cl)ccc(-c5cc6cc(C(N)C7(CO)CCCC7)ccc6n5C(=O)OC(C)(C)C)c42)NC3)cc2cc(C(N)C3(CO)CCCC3)ccc21. The maximum Gasteiger partial charge on any atom is 0.419 e. The molecule has 13 nitrogen and oxygen atoms in total. The minimum Gasteiger partial charge on any atom is -0.443 e. The fourth-order valence-electron chi connectivity index (χ4n) is 12.3. The molecule has 4 aromatic carbocycles. The fraction of sp³-hybridized carbons (Fsp3) is 0.456. The van der Waals surface area contributed by atoms with Crippen molar-refractivity contribution in [2.24, 2.45) is 22.3 Å². The number of hydrogen-bond acceptors (Lipinski definition) is 11. The van der Waals surface area contributed by atoms with Crippen molar-refractivity contribution in [1.29, 1.82) is 0 Å². The van der Waals surface area contributed by atoms with E-state index < -0.39 is 58.4 Å². The highest BCUT2D eigenvalue weighted by atomic mass is 35.5. The monoisotopic (exact) mass is 1020 g/mol. The summed E-state index contributed by atoms with van der Waals surface area (Å²) in [6.07, 6.45) is 6.15. The van der Waals surface area contributed by atoms with Gasteiger partial charge in [0.25, 0.3) is 0 Å². The molecule has 2 aromatic heterocycles. The summed E-state index contributed by atoms with van der Waals surface area (Å²) in [4.78, 5) is 44.5. The van der Waals surface area contributed by atoms with E-state index in [-0.39, 0.29) is 32.1 Å². The van der Waals surface area contributed by atoms with Gasteiger partial charge in [-0.15, -0.1) is 0 Å². The third kappa shape index (κ3) is 8.67. The Morgan fingerprint density at radius 2 is 1.00 bits per heavy atom. The number of aliphatic hydroxyl groups is 2. The summed E-state index contributed by atoms with van der Waals surface area (Å²) in [5.41, 5.74) is 19.4. The number of ether oxygens (including phenoxy) is 2. The van der Waals surface area contributed by atoms with E-state index in [0.29, 0.717) is 54.7 Å².